The van der Waals surface area contributed by atoms with E-state index in [9.17, 15) is 0 Å². The van der Waals surface area contributed by atoms with Crippen LogP contribution in [0.5, 0.6) is 0 Å². The first-order valence-electron chi connectivity index (χ1n) is 16.0. The Labute approximate surface area is 285 Å². The van der Waals surface area contributed by atoms with E-state index >= 15 is 0 Å². The van der Waals surface area contributed by atoms with Gasteiger partial charge in [0.1, 0.15) is 0 Å². The molecule has 9 rings (SSSR count). The maximum Gasteiger partial charge on any atom is 0.0999 e. The van der Waals surface area contributed by atoms with E-state index in [1.165, 1.54) is 52.2 Å². The van der Waals surface area contributed by atoms with Crippen molar-refractivity contribution in [2.24, 2.45) is 10.2 Å². The Morgan fingerprint density at radius 1 is 0.417 bits per heavy atom. The summed E-state index contributed by atoms with van der Waals surface area (Å²) in [6.45, 7) is 4.26. The second-order valence-electron chi connectivity index (χ2n) is 12.3. The molecule has 0 radical (unpaired) electrons. The minimum Gasteiger partial charge on any atom is -0.278 e. The molecule has 0 amide bonds. The number of nitrogens with one attached hydrogen (secondary N) is 2. The fourth-order valence-corrected chi connectivity index (χ4v) is 8.81. The molecule has 2 heterocycles. The molecule has 7 aromatic carbocycles. The van der Waals surface area contributed by atoms with Crippen molar-refractivity contribution < 1.29 is 0 Å². The SMILES string of the molecule is Cc1ccc(-c2cc3/c(=N\Nc4ccccc4)c4cc5c(cc4c3s2)/c(=N/Nc2ccccc2)c2cc(-c3ccc(C)cc3)sc25)cc1. The number of hydrogen-bond donors (Lipinski definition) is 2. The van der Waals surface area contributed by atoms with Crippen LogP contribution in [0.2, 0.25) is 0 Å². The van der Waals surface area contributed by atoms with Gasteiger partial charge in [-0.05, 0) is 73.5 Å². The maximum absolute atomic E-state index is 5.07. The summed E-state index contributed by atoms with van der Waals surface area (Å²) >= 11 is 3.66. The van der Waals surface area contributed by atoms with Gasteiger partial charge in [-0.1, -0.05) is 96.1 Å². The highest BCUT2D eigenvalue weighted by molar-refractivity contribution is 7.23. The topological polar surface area (TPSA) is 48.8 Å². The van der Waals surface area contributed by atoms with Crippen molar-refractivity contribution >= 4 is 75.8 Å². The van der Waals surface area contributed by atoms with E-state index in [0.29, 0.717) is 0 Å². The molecular weight excluding hydrogens is 625 g/mol. The second kappa shape index (κ2) is 11.6. The summed E-state index contributed by atoms with van der Waals surface area (Å²) in [6.07, 6.45) is 0. The fraction of sp³-hybridized carbons (Fsp3) is 0.0476. The van der Waals surface area contributed by atoms with Crippen molar-refractivity contribution in [2.75, 3.05) is 10.9 Å². The zero-order valence-corrected chi connectivity index (χ0v) is 28.0. The number of para-hydroxylation sites is 2. The van der Waals surface area contributed by atoms with Gasteiger partial charge >= 0.3 is 0 Å². The molecule has 0 aliphatic carbocycles. The number of aryl methyl sites for hydroxylation is 2. The summed E-state index contributed by atoms with van der Waals surface area (Å²) in [5, 5.41) is 19.1. The molecule has 0 saturated carbocycles. The Balaban J connectivity index is 1.32. The Hall–Kier alpha value is -5.56. The van der Waals surface area contributed by atoms with Gasteiger partial charge < -0.3 is 0 Å². The number of hydrogen-bond acceptors (Lipinski definition) is 6. The molecule has 0 spiro atoms. The Bertz CT molecular complexity index is 2520. The van der Waals surface area contributed by atoms with Gasteiger partial charge in [-0.2, -0.15) is 10.2 Å². The Kier molecular flexibility index (Phi) is 6.92. The summed E-state index contributed by atoms with van der Waals surface area (Å²) in [5.74, 6) is 0. The number of thiophene rings is 2. The smallest absolute Gasteiger partial charge is 0.0999 e. The average Bonchev–Trinajstić information content (AvgIpc) is 3.87. The first kappa shape index (κ1) is 28.6. The summed E-state index contributed by atoms with van der Waals surface area (Å²) in [4.78, 5) is 2.47. The maximum atomic E-state index is 5.07. The van der Waals surface area contributed by atoms with Crippen molar-refractivity contribution in [3.05, 3.63) is 155 Å². The summed E-state index contributed by atoms with van der Waals surface area (Å²) in [6, 6.07) is 47.2. The van der Waals surface area contributed by atoms with Crippen LogP contribution < -0.4 is 21.6 Å². The minimum atomic E-state index is 0.958. The van der Waals surface area contributed by atoms with Gasteiger partial charge in [0.05, 0.1) is 22.1 Å². The summed E-state index contributed by atoms with van der Waals surface area (Å²) in [5.41, 5.74) is 13.6. The highest BCUT2D eigenvalue weighted by Crippen LogP contribution is 2.42. The van der Waals surface area contributed by atoms with E-state index < -0.39 is 0 Å². The number of fused-ring (bicyclic) bond motifs is 6. The zero-order chi connectivity index (χ0) is 32.2. The lowest BCUT2D eigenvalue weighted by Gasteiger charge is -2.01. The van der Waals surface area contributed by atoms with Crippen molar-refractivity contribution in [1.29, 1.82) is 0 Å². The average molecular weight is 655 g/mol. The van der Waals surface area contributed by atoms with Gasteiger partial charge in [0.2, 0.25) is 0 Å². The van der Waals surface area contributed by atoms with Gasteiger partial charge in [0.15, 0.2) is 0 Å². The van der Waals surface area contributed by atoms with Crippen molar-refractivity contribution in [3.8, 4) is 20.9 Å². The molecule has 0 unspecified atom stereocenters. The molecule has 0 atom stereocenters. The monoisotopic (exact) mass is 654 g/mol. The van der Waals surface area contributed by atoms with Gasteiger partial charge in [0, 0.05) is 51.5 Å². The number of nitrogens with zero attached hydrogens (tertiary/aromatic N) is 2. The van der Waals surface area contributed by atoms with Crippen LogP contribution in [0, 0.1) is 13.8 Å². The lowest BCUT2D eigenvalue weighted by atomic mass is 10.1. The van der Waals surface area contributed by atoms with Crippen LogP contribution in [-0.4, -0.2) is 0 Å². The van der Waals surface area contributed by atoms with Crippen LogP contribution >= 0.6 is 22.7 Å². The zero-order valence-electron chi connectivity index (χ0n) is 26.4. The summed E-state index contributed by atoms with van der Waals surface area (Å²) in [7, 11) is 0. The fourth-order valence-electron chi connectivity index (χ4n) is 6.42. The third kappa shape index (κ3) is 4.98. The van der Waals surface area contributed by atoms with Crippen LogP contribution in [0.25, 0.3) is 62.6 Å². The molecule has 0 fully saturated rings. The Morgan fingerprint density at radius 2 is 0.812 bits per heavy atom. The highest BCUT2D eigenvalue weighted by atomic mass is 32.1. The molecule has 0 saturated heterocycles. The molecule has 0 aliphatic heterocycles. The second-order valence-corrected chi connectivity index (χ2v) is 14.4. The van der Waals surface area contributed by atoms with Crippen LogP contribution in [0.1, 0.15) is 11.1 Å². The third-order valence-electron chi connectivity index (χ3n) is 8.94. The Morgan fingerprint density at radius 3 is 1.21 bits per heavy atom. The van der Waals surface area contributed by atoms with Crippen molar-refractivity contribution in [2.45, 2.75) is 13.8 Å². The third-order valence-corrected chi connectivity index (χ3v) is 11.4. The van der Waals surface area contributed by atoms with E-state index in [-0.39, 0.29) is 0 Å². The van der Waals surface area contributed by atoms with Crippen LogP contribution in [0.3, 0.4) is 0 Å². The molecule has 2 N–H and O–H groups in total. The predicted octanol–water partition coefficient (Wildman–Crippen LogP) is 11.1. The lowest BCUT2D eigenvalue weighted by molar-refractivity contribution is 1.25. The quantitative estimate of drug-likeness (QED) is 0.175. The molecule has 48 heavy (non-hydrogen) atoms. The van der Waals surface area contributed by atoms with Gasteiger partial charge in [-0.15, -0.1) is 22.7 Å². The number of benzene rings is 5. The van der Waals surface area contributed by atoms with E-state index in [2.05, 4.69) is 97.5 Å². The highest BCUT2D eigenvalue weighted by Gasteiger charge is 2.20. The van der Waals surface area contributed by atoms with Crippen LogP contribution in [-0.2, 0) is 0 Å². The molecule has 2 aromatic heterocycles. The first-order chi connectivity index (χ1) is 23.6. The van der Waals surface area contributed by atoms with E-state index in [0.717, 1.165) is 43.6 Å². The van der Waals surface area contributed by atoms with Gasteiger partial charge in [0.25, 0.3) is 0 Å². The molecule has 0 aliphatic rings. The van der Waals surface area contributed by atoms with Crippen LogP contribution in [0.4, 0.5) is 11.4 Å². The molecule has 230 valence electrons. The molecule has 0 bridgehead atoms. The van der Waals surface area contributed by atoms with Crippen LogP contribution in [0.15, 0.2) is 144 Å². The van der Waals surface area contributed by atoms with E-state index in [1.54, 1.807) is 0 Å². The molecular formula is C42H30N4S2. The first-order valence-corrected chi connectivity index (χ1v) is 17.6. The lowest BCUT2D eigenvalue weighted by Crippen LogP contribution is -2.05. The standard InChI is InChI=1S/C42H30N4S2/c1-25-13-17-27(18-14-25)37-23-35-39(45-43-29-9-5-3-6-10-29)31-22-34-32(21-33(31)41(35)47-37)40(46-44-30-11-7-4-8-12-30)36-24-38(48-42(34)36)28-19-15-26(2)16-20-28/h3-24,43-44H,1-2H3/b45-39-,46-40-. The van der Waals surface area contributed by atoms with Gasteiger partial charge in [-0.25, -0.2) is 0 Å². The largest absolute Gasteiger partial charge is 0.278 e. The minimum absolute atomic E-state index is 0.958. The van der Waals surface area contributed by atoms with Gasteiger partial charge in [-0.3, -0.25) is 10.9 Å². The number of rotatable bonds is 6. The molecule has 9 aromatic rings. The van der Waals surface area contributed by atoms with E-state index in [4.69, 9.17) is 10.2 Å². The summed E-state index contributed by atoms with van der Waals surface area (Å²) < 4.78 is 2.48. The molecule has 6 heteroatoms. The van der Waals surface area contributed by atoms with Crippen molar-refractivity contribution in [3.63, 3.8) is 0 Å². The van der Waals surface area contributed by atoms with E-state index in [1.807, 2.05) is 83.3 Å². The normalized spacial score (nSPS) is 12.6. The predicted molar refractivity (Wildman–Crippen MR) is 206 cm³/mol. The number of anilines is 2. The van der Waals surface area contributed by atoms with Crippen molar-refractivity contribution in [1.82, 2.24) is 0 Å². The molecule has 4 nitrogen and oxygen atoms in total.